The number of thioether (sulfide) groups is 2. The predicted molar refractivity (Wildman–Crippen MR) is 129 cm³/mol. The normalized spacial score (nSPS) is 10.8. The van der Waals surface area contributed by atoms with Gasteiger partial charge < -0.3 is 5.32 Å². The fourth-order valence-electron chi connectivity index (χ4n) is 3.09. The van der Waals surface area contributed by atoms with E-state index in [1.54, 1.807) is 11.8 Å². The van der Waals surface area contributed by atoms with Crippen molar-refractivity contribution in [3.63, 3.8) is 0 Å². The second kappa shape index (κ2) is 9.85. The van der Waals surface area contributed by atoms with E-state index in [1.807, 2.05) is 77.6 Å². The first kappa shape index (κ1) is 21.2. The number of hydrogen-bond acceptors (Lipinski definition) is 5. The average Bonchev–Trinajstić information content (AvgIpc) is 3.23. The van der Waals surface area contributed by atoms with Crippen LogP contribution in [0.3, 0.4) is 0 Å². The average molecular weight is 447 g/mol. The molecule has 4 rings (SSSR count). The van der Waals surface area contributed by atoms with Crippen LogP contribution in [0.2, 0.25) is 0 Å². The van der Waals surface area contributed by atoms with E-state index in [0.29, 0.717) is 5.16 Å². The lowest BCUT2D eigenvalue weighted by Crippen LogP contribution is -2.14. The van der Waals surface area contributed by atoms with Crippen molar-refractivity contribution in [1.82, 2.24) is 14.8 Å². The Morgan fingerprint density at radius 1 is 0.968 bits per heavy atom. The molecule has 1 N–H and O–H groups in total. The zero-order chi connectivity index (χ0) is 21.6. The van der Waals surface area contributed by atoms with Gasteiger partial charge in [0.25, 0.3) is 0 Å². The molecule has 0 radical (unpaired) electrons. The molecule has 1 heterocycles. The minimum absolute atomic E-state index is 0.0806. The van der Waals surface area contributed by atoms with Gasteiger partial charge >= 0.3 is 0 Å². The zero-order valence-electron chi connectivity index (χ0n) is 17.3. The Bertz CT molecular complexity index is 1170. The van der Waals surface area contributed by atoms with Crippen molar-refractivity contribution in [2.75, 3.05) is 17.3 Å². The molecule has 1 aromatic heterocycles. The van der Waals surface area contributed by atoms with Crippen molar-refractivity contribution in [3.8, 4) is 17.1 Å². The van der Waals surface area contributed by atoms with Gasteiger partial charge in [0, 0.05) is 21.8 Å². The highest BCUT2D eigenvalue weighted by atomic mass is 32.2. The molecule has 4 aromatic rings. The van der Waals surface area contributed by atoms with Crippen LogP contribution in [0.5, 0.6) is 0 Å². The number of nitrogens with one attached hydrogen (secondary N) is 1. The first-order valence-electron chi connectivity index (χ1n) is 9.78. The Hall–Kier alpha value is -3.03. The summed E-state index contributed by atoms with van der Waals surface area (Å²) in [6.45, 7) is 2.06. The Labute approximate surface area is 190 Å². The zero-order valence-corrected chi connectivity index (χ0v) is 18.9. The molecule has 0 spiro atoms. The van der Waals surface area contributed by atoms with Crippen LogP contribution < -0.4 is 5.32 Å². The lowest BCUT2D eigenvalue weighted by atomic mass is 10.2. The van der Waals surface area contributed by atoms with E-state index < -0.39 is 0 Å². The second-order valence-electron chi connectivity index (χ2n) is 6.91. The number of rotatable bonds is 7. The number of amides is 1. The smallest absolute Gasteiger partial charge is 0.234 e. The van der Waals surface area contributed by atoms with E-state index >= 15 is 0 Å². The third kappa shape index (κ3) is 5.18. The summed E-state index contributed by atoms with van der Waals surface area (Å²) in [5.41, 5.74) is 3.91. The molecule has 156 valence electrons. The summed E-state index contributed by atoms with van der Waals surface area (Å²) in [7, 11) is 0. The SMILES string of the molecule is CSc1cccc(NC(=O)CSc2nnc(-c3ccccc3)n2-c2ccc(C)cc2)c1. The first-order chi connectivity index (χ1) is 15.1. The second-order valence-corrected chi connectivity index (χ2v) is 8.73. The van der Waals surface area contributed by atoms with E-state index in [0.717, 1.165) is 27.7 Å². The van der Waals surface area contributed by atoms with Crippen LogP contribution in [0.15, 0.2) is 88.9 Å². The van der Waals surface area contributed by atoms with Gasteiger partial charge in [0.1, 0.15) is 0 Å². The molecular weight excluding hydrogens is 424 g/mol. The number of carbonyl (C=O) groups excluding carboxylic acids is 1. The highest BCUT2D eigenvalue weighted by Crippen LogP contribution is 2.28. The molecule has 31 heavy (non-hydrogen) atoms. The Balaban J connectivity index is 1.57. The maximum absolute atomic E-state index is 12.6. The number of benzene rings is 3. The minimum atomic E-state index is -0.0806. The van der Waals surface area contributed by atoms with Gasteiger partial charge in [0.05, 0.1) is 5.75 Å². The quantitative estimate of drug-likeness (QED) is 0.369. The molecule has 0 aliphatic carbocycles. The Morgan fingerprint density at radius 3 is 2.48 bits per heavy atom. The minimum Gasteiger partial charge on any atom is -0.325 e. The molecule has 0 saturated carbocycles. The molecule has 7 heteroatoms. The highest BCUT2D eigenvalue weighted by Gasteiger charge is 2.17. The van der Waals surface area contributed by atoms with E-state index in [1.165, 1.54) is 17.3 Å². The summed E-state index contributed by atoms with van der Waals surface area (Å²) in [5.74, 6) is 0.908. The summed E-state index contributed by atoms with van der Waals surface area (Å²) in [6.07, 6.45) is 2.01. The molecule has 0 aliphatic heterocycles. The number of anilines is 1. The summed E-state index contributed by atoms with van der Waals surface area (Å²) in [5, 5.41) is 12.5. The fraction of sp³-hybridized carbons (Fsp3) is 0.125. The topological polar surface area (TPSA) is 59.8 Å². The van der Waals surface area contributed by atoms with Crippen molar-refractivity contribution in [1.29, 1.82) is 0 Å². The number of nitrogens with zero attached hydrogens (tertiary/aromatic N) is 3. The molecule has 0 unspecified atom stereocenters. The van der Waals surface area contributed by atoms with Gasteiger partial charge in [-0.15, -0.1) is 22.0 Å². The van der Waals surface area contributed by atoms with Crippen LogP contribution >= 0.6 is 23.5 Å². The molecule has 0 fully saturated rings. The van der Waals surface area contributed by atoms with E-state index in [4.69, 9.17) is 0 Å². The Morgan fingerprint density at radius 2 is 1.74 bits per heavy atom. The lowest BCUT2D eigenvalue weighted by molar-refractivity contribution is -0.113. The molecule has 0 atom stereocenters. The van der Waals surface area contributed by atoms with Crippen LogP contribution in [0.25, 0.3) is 17.1 Å². The van der Waals surface area contributed by atoms with Gasteiger partial charge in [-0.2, -0.15) is 0 Å². The van der Waals surface area contributed by atoms with Crippen molar-refractivity contribution >= 4 is 35.1 Å². The van der Waals surface area contributed by atoms with Crippen LogP contribution in [0, 0.1) is 6.92 Å². The third-order valence-electron chi connectivity index (χ3n) is 4.64. The van der Waals surface area contributed by atoms with Gasteiger partial charge in [-0.25, -0.2) is 0 Å². The van der Waals surface area contributed by atoms with E-state index in [9.17, 15) is 4.79 Å². The highest BCUT2D eigenvalue weighted by molar-refractivity contribution is 7.99. The van der Waals surface area contributed by atoms with Gasteiger partial charge in [0.2, 0.25) is 5.91 Å². The molecule has 5 nitrogen and oxygen atoms in total. The molecular formula is C24H22N4OS2. The summed E-state index contributed by atoms with van der Waals surface area (Å²) < 4.78 is 2.00. The summed E-state index contributed by atoms with van der Waals surface area (Å²) >= 11 is 3.01. The summed E-state index contributed by atoms with van der Waals surface area (Å²) in [4.78, 5) is 13.7. The first-order valence-corrected chi connectivity index (χ1v) is 12.0. The van der Waals surface area contributed by atoms with Gasteiger partial charge in [0.15, 0.2) is 11.0 Å². The van der Waals surface area contributed by atoms with Gasteiger partial charge in [-0.1, -0.05) is 65.9 Å². The van der Waals surface area contributed by atoms with Crippen molar-refractivity contribution in [2.24, 2.45) is 0 Å². The van der Waals surface area contributed by atoms with Crippen molar-refractivity contribution in [3.05, 3.63) is 84.4 Å². The number of carbonyl (C=O) groups is 1. The monoisotopic (exact) mass is 446 g/mol. The number of aromatic nitrogens is 3. The number of hydrogen-bond donors (Lipinski definition) is 1. The maximum atomic E-state index is 12.6. The van der Waals surface area contributed by atoms with Gasteiger partial charge in [-0.05, 0) is 43.5 Å². The van der Waals surface area contributed by atoms with E-state index in [2.05, 4.69) is 34.6 Å². The standard InChI is InChI=1S/C24H22N4OS2/c1-17-11-13-20(14-12-17)28-23(18-7-4-3-5-8-18)26-27-24(28)31-16-22(29)25-19-9-6-10-21(15-19)30-2/h3-15H,16H2,1-2H3,(H,25,29). The van der Waals surface area contributed by atoms with Crippen molar-refractivity contribution < 1.29 is 4.79 Å². The van der Waals surface area contributed by atoms with Gasteiger partial charge in [-0.3, -0.25) is 9.36 Å². The van der Waals surface area contributed by atoms with E-state index in [-0.39, 0.29) is 11.7 Å². The molecule has 0 bridgehead atoms. The fourth-order valence-corrected chi connectivity index (χ4v) is 4.30. The molecule has 0 aliphatic rings. The molecule has 3 aromatic carbocycles. The van der Waals surface area contributed by atoms with Crippen LogP contribution in [0.4, 0.5) is 5.69 Å². The lowest BCUT2D eigenvalue weighted by Gasteiger charge is -2.11. The Kier molecular flexibility index (Phi) is 6.74. The van der Waals surface area contributed by atoms with Crippen LogP contribution in [-0.2, 0) is 4.79 Å². The molecule has 1 amide bonds. The largest absolute Gasteiger partial charge is 0.325 e. The van der Waals surface area contributed by atoms with Crippen LogP contribution in [-0.4, -0.2) is 32.7 Å². The summed E-state index contributed by atoms with van der Waals surface area (Å²) in [6, 6.07) is 26.0. The maximum Gasteiger partial charge on any atom is 0.234 e. The van der Waals surface area contributed by atoms with Crippen LogP contribution in [0.1, 0.15) is 5.56 Å². The third-order valence-corrected chi connectivity index (χ3v) is 6.30. The predicted octanol–water partition coefficient (Wildman–Crippen LogP) is 5.70. The van der Waals surface area contributed by atoms with Crippen molar-refractivity contribution in [2.45, 2.75) is 17.0 Å². The number of aryl methyl sites for hydroxylation is 1. The molecule has 0 saturated heterocycles.